The monoisotopic (exact) mass is 392 g/mol. The maximum atomic E-state index is 11.2. The maximum absolute atomic E-state index is 11.2. The lowest BCUT2D eigenvalue weighted by Gasteiger charge is -2.62. The number of carbonyl (C=O) groups is 1. The molecule has 0 amide bonds. The summed E-state index contributed by atoms with van der Waals surface area (Å²) in [6.07, 6.45) is 9.19. The maximum Gasteiger partial charge on any atom is 0.303 e. The number of rotatable bonds is 4. The van der Waals surface area contributed by atoms with Crippen molar-refractivity contribution in [2.45, 2.75) is 97.2 Å². The van der Waals surface area contributed by atoms with Crippen LogP contribution in [0.15, 0.2) is 0 Å². The van der Waals surface area contributed by atoms with Crippen molar-refractivity contribution in [3.8, 4) is 0 Å². The second-order valence-corrected chi connectivity index (χ2v) is 11.4. The van der Waals surface area contributed by atoms with Crippen molar-refractivity contribution in [1.29, 1.82) is 0 Å². The van der Waals surface area contributed by atoms with Crippen molar-refractivity contribution >= 4 is 5.97 Å². The van der Waals surface area contributed by atoms with Crippen molar-refractivity contribution in [3.63, 3.8) is 0 Å². The molecule has 4 fully saturated rings. The second kappa shape index (κ2) is 7.27. The van der Waals surface area contributed by atoms with Crippen LogP contribution in [0.2, 0.25) is 0 Å². The Morgan fingerprint density at radius 2 is 1.68 bits per heavy atom. The zero-order valence-corrected chi connectivity index (χ0v) is 17.9. The zero-order chi connectivity index (χ0) is 20.3. The summed E-state index contributed by atoms with van der Waals surface area (Å²) in [5, 5.41) is 30.5. The molecule has 4 aliphatic rings. The number of aliphatic hydroxyl groups excluding tert-OH is 2. The molecule has 28 heavy (non-hydrogen) atoms. The molecule has 0 bridgehead atoms. The van der Waals surface area contributed by atoms with E-state index in [1.807, 2.05) is 0 Å². The van der Waals surface area contributed by atoms with Crippen LogP contribution in [0.25, 0.3) is 0 Å². The molecular weight excluding hydrogens is 352 g/mol. The topological polar surface area (TPSA) is 77.8 Å². The summed E-state index contributed by atoms with van der Waals surface area (Å²) in [5.74, 6) is 2.36. The third-order valence-corrected chi connectivity index (χ3v) is 10.2. The van der Waals surface area contributed by atoms with Gasteiger partial charge in [0.2, 0.25) is 0 Å². The molecule has 0 aromatic rings. The molecule has 0 spiro atoms. The third kappa shape index (κ3) is 3.14. The van der Waals surface area contributed by atoms with Crippen LogP contribution in [0.5, 0.6) is 0 Å². The lowest BCUT2D eigenvalue weighted by Crippen LogP contribution is -2.58. The predicted octanol–water partition coefficient (Wildman–Crippen LogP) is 4.48. The van der Waals surface area contributed by atoms with Crippen LogP contribution in [0.1, 0.15) is 85.0 Å². The Labute approximate surface area is 170 Å². The first-order valence-corrected chi connectivity index (χ1v) is 11.7. The summed E-state index contributed by atoms with van der Waals surface area (Å²) in [6, 6.07) is 0. The van der Waals surface area contributed by atoms with E-state index in [0.717, 1.165) is 32.1 Å². The second-order valence-electron chi connectivity index (χ2n) is 11.4. The molecule has 10 atom stereocenters. The van der Waals surface area contributed by atoms with E-state index in [2.05, 4.69) is 20.8 Å². The summed E-state index contributed by atoms with van der Waals surface area (Å²) in [5.41, 5.74) is 0.523. The summed E-state index contributed by atoms with van der Waals surface area (Å²) >= 11 is 0. The van der Waals surface area contributed by atoms with Crippen LogP contribution in [0, 0.1) is 46.3 Å². The molecule has 4 rings (SSSR count). The summed E-state index contributed by atoms with van der Waals surface area (Å²) in [6.45, 7) is 7.16. The fourth-order valence-corrected chi connectivity index (χ4v) is 8.73. The standard InChI is InChI=1S/C24H40O4/c1-14(4-7-21(27)28)17-5-6-18-22-19(9-11-24(17,18)3)23(2)10-8-16(25)12-15(23)13-20(22)26/h14-20,22,25-26H,4-13H2,1-3H3,(H,27,28)/t14-,15+,16-,17-,18+,19+,20+,22+,23+,24-/m0/s1. The van der Waals surface area contributed by atoms with E-state index in [0.29, 0.717) is 35.5 Å². The van der Waals surface area contributed by atoms with E-state index in [4.69, 9.17) is 5.11 Å². The Morgan fingerprint density at radius 3 is 2.39 bits per heavy atom. The number of aliphatic hydroxyl groups is 2. The minimum absolute atomic E-state index is 0.179. The predicted molar refractivity (Wildman–Crippen MR) is 109 cm³/mol. The van der Waals surface area contributed by atoms with Crippen molar-refractivity contribution in [2.75, 3.05) is 0 Å². The van der Waals surface area contributed by atoms with Gasteiger partial charge in [0, 0.05) is 6.42 Å². The molecule has 0 saturated heterocycles. The lowest BCUT2D eigenvalue weighted by atomic mass is 9.43. The van der Waals surface area contributed by atoms with Crippen LogP contribution in [-0.4, -0.2) is 33.5 Å². The van der Waals surface area contributed by atoms with Crippen LogP contribution in [0.4, 0.5) is 0 Å². The Hall–Kier alpha value is -0.610. The normalized spacial score (nSPS) is 51.7. The highest BCUT2D eigenvalue weighted by Gasteiger charge is 2.62. The summed E-state index contributed by atoms with van der Waals surface area (Å²) < 4.78 is 0. The number of hydrogen-bond acceptors (Lipinski definition) is 3. The van der Waals surface area contributed by atoms with Crippen LogP contribution in [-0.2, 0) is 4.79 Å². The quantitative estimate of drug-likeness (QED) is 0.659. The molecule has 0 aromatic heterocycles. The fourth-order valence-electron chi connectivity index (χ4n) is 8.73. The minimum Gasteiger partial charge on any atom is -0.481 e. The van der Waals surface area contributed by atoms with E-state index in [1.54, 1.807) is 0 Å². The highest BCUT2D eigenvalue weighted by Crippen LogP contribution is 2.68. The number of aliphatic carboxylic acids is 1. The molecule has 0 unspecified atom stereocenters. The van der Waals surface area contributed by atoms with Crippen LogP contribution < -0.4 is 0 Å². The van der Waals surface area contributed by atoms with E-state index in [-0.39, 0.29) is 29.5 Å². The lowest BCUT2D eigenvalue weighted by molar-refractivity contribution is -0.174. The van der Waals surface area contributed by atoms with Crippen molar-refractivity contribution < 1.29 is 20.1 Å². The molecule has 160 valence electrons. The Kier molecular flexibility index (Phi) is 5.36. The molecule has 4 aliphatic carbocycles. The van der Waals surface area contributed by atoms with E-state index in [9.17, 15) is 15.0 Å². The summed E-state index contributed by atoms with van der Waals surface area (Å²) in [4.78, 5) is 11.1. The Bertz CT molecular complexity index is 605. The van der Waals surface area contributed by atoms with Gasteiger partial charge in [-0.3, -0.25) is 4.79 Å². The van der Waals surface area contributed by atoms with Gasteiger partial charge in [0.15, 0.2) is 0 Å². The third-order valence-electron chi connectivity index (χ3n) is 10.2. The number of carboxylic acids is 1. The molecule has 4 heteroatoms. The molecule has 3 N–H and O–H groups in total. The highest BCUT2D eigenvalue weighted by molar-refractivity contribution is 5.66. The average Bonchev–Trinajstić information content (AvgIpc) is 2.98. The van der Waals surface area contributed by atoms with Gasteiger partial charge in [-0.25, -0.2) is 0 Å². The molecule has 0 heterocycles. The number of fused-ring (bicyclic) bond motifs is 5. The van der Waals surface area contributed by atoms with Crippen molar-refractivity contribution in [2.24, 2.45) is 46.3 Å². The van der Waals surface area contributed by atoms with Gasteiger partial charge in [-0.15, -0.1) is 0 Å². The van der Waals surface area contributed by atoms with Crippen molar-refractivity contribution in [3.05, 3.63) is 0 Å². The van der Waals surface area contributed by atoms with Gasteiger partial charge in [0.1, 0.15) is 0 Å². The van der Waals surface area contributed by atoms with Crippen molar-refractivity contribution in [1.82, 2.24) is 0 Å². The Morgan fingerprint density at radius 1 is 1.00 bits per heavy atom. The van der Waals surface area contributed by atoms with Crippen LogP contribution in [0.3, 0.4) is 0 Å². The zero-order valence-electron chi connectivity index (χ0n) is 17.9. The van der Waals surface area contributed by atoms with Gasteiger partial charge in [-0.05, 0) is 104 Å². The van der Waals surface area contributed by atoms with Gasteiger partial charge in [-0.1, -0.05) is 20.8 Å². The Balaban J connectivity index is 1.55. The minimum atomic E-state index is -0.684. The number of carboxylic acid groups (broad SMARTS) is 1. The number of hydrogen-bond donors (Lipinski definition) is 3. The van der Waals surface area contributed by atoms with E-state index in [1.165, 1.54) is 25.7 Å². The first-order chi connectivity index (χ1) is 13.2. The molecule has 0 radical (unpaired) electrons. The van der Waals surface area contributed by atoms with Gasteiger partial charge in [0.05, 0.1) is 12.2 Å². The van der Waals surface area contributed by atoms with Crippen LogP contribution >= 0.6 is 0 Å². The summed E-state index contributed by atoms with van der Waals surface area (Å²) in [7, 11) is 0. The SMILES string of the molecule is C[C@@H](CCC(=O)O)[C@@H]1CC[C@@H]2[C@H]3[C@H](O)C[C@H]4C[C@@H](O)CC[C@@]4(C)[C@@H]3CC[C@]21C. The molecule has 0 aromatic carbocycles. The molecular formula is C24H40O4. The molecule has 4 nitrogen and oxygen atoms in total. The smallest absolute Gasteiger partial charge is 0.303 e. The van der Waals surface area contributed by atoms with E-state index < -0.39 is 5.97 Å². The van der Waals surface area contributed by atoms with Gasteiger partial charge < -0.3 is 15.3 Å². The highest BCUT2D eigenvalue weighted by atomic mass is 16.4. The fraction of sp³-hybridized carbons (Fsp3) is 0.958. The first-order valence-electron chi connectivity index (χ1n) is 11.7. The molecule has 4 saturated carbocycles. The van der Waals surface area contributed by atoms with Gasteiger partial charge in [-0.2, -0.15) is 0 Å². The average molecular weight is 393 g/mol. The van der Waals surface area contributed by atoms with Gasteiger partial charge in [0.25, 0.3) is 0 Å². The first kappa shape index (κ1) is 20.7. The molecule has 0 aliphatic heterocycles. The van der Waals surface area contributed by atoms with Gasteiger partial charge >= 0.3 is 5.97 Å². The van der Waals surface area contributed by atoms with E-state index >= 15 is 0 Å². The largest absolute Gasteiger partial charge is 0.481 e.